The molecule has 0 unspecified atom stereocenters. The van der Waals surface area contributed by atoms with E-state index in [1.54, 1.807) is 0 Å². The van der Waals surface area contributed by atoms with E-state index in [0.717, 1.165) is 65.4 Å². The van der Waals surface area contributed by atoms with Crippen molar-refractivity contribution in [2.75, 3.05) is 31.2 Å². The summed E-state index contributed by atoms with van der Waals surface area (Å²) in [5.74, 6) is 1.01. The van der Waals surface area contributed by atoms with Crippen molar-refractivity contribution < 1.29 is 9.13 Å². The number of halogens is 1. The number of rotatable bonds is 5. The minimum atomic E-state index is -0.320. The maximum atomic E-state index is 14.6. The van der Waals surface area contributed by atoms with Gasteiger partial charge in [-0.05, 0) is 58.4 Å². The van der Waals surface area contributed by atoms with Crippen LogP contribution in [0, 0.1) is 19.7 Å². The Morgan fingerprint density at radius 3 is 2.89 bits per heavy atom. The molecule has 2 N–H and O–H groups in total. The third-order valence-electron chi connectivity index (χ3n) is 7.44. The van der Waals surface area contributed by atoms with Crippen molar-refractivity contribution in [1.29, 1.82) is 0 Å². The fourth-order valence-electron chi connectivity index (χ4n) is 5.58. The summed E-state index contributed by atoms with van der Waals surface area (Å²) in [6.45, 7) is 10.2. The predicted molar refractivity (Wildman–Crippen MR) is 139 cm³/mol. The Hall–Kier alpha value is -3.30. The topological polar surface area (TPSA) is 83.9 Å². The van der Waals surface area contributed by atoms with Gasteiger partial charge in [-0.1, -0.05) is 0 Å². The van der Waals surface area contributed by atoms with E-state index in [-0.39, 0.29) is 11.9 Å². The number of hydrogen-bond acceptors (Lipinski definition) is 6. The molecular formula is C27H32FN7O. The molecule has 0 radical (unpaired) electrons. The summed E-state index contributed by atoms with van der Waals surface area (Å²) in [6.07, 6.45) is 4.18. The van der Waals surface area contributed by atoms with Crippen molar-refractivity contribution in [3.05, 3.63) is 47.7 Å². The summed E-state index contributed by atoms with van der Waals surface area (Å²) >= 11 is 0. The number of aromatic nitrogens is 5. The Morgan fingerprint density at radius 2 is 2.08 bits per heavy atom. The Labute approximate surface area is 209 Å². The molecule has 1 aromatic carbocycles. The van der Waals surface area contributed by atoms with E-state index in [2.05, 4.69) is 33.7 Å². The number of hydrogen-bond donors (Lipinski definition) is 2. The van der Waals surface area contributed by atoms with Gasteiger partial charge in [0.1, 0.15) is 11.6 Å². The van der Waals surface area contributed by atoms with Gasteiger partial charge in [-0.2, -0.15) is 5.10 Å². The predicted octanol–water partition coefficient (Wildman–Crippen LogP) is 4.22. The van der Waals surface area contributed by atoms with Crippen LogP contribution in [0.2, 0.25) is 0 Å². The molecule has 9 heteroatoms. The van der Waals surface area contributed by atoms with Gasteiger partial charge in [-0.3, -0.25) is 4.68 Å². The molecule has 8 nitrogen and oxygen atoms in total. The monoisotopic (exact) mass is 489 g/mol. The highest BCUT2D eigenvalue weighted by atomic mass is 19.1. The van der Waals surface area contributed by atoms with Gasteiger partial charge in [0.2, 0.25) is 0 Å². The lowest BCUT2D eigenvalue weighted by Crippen LogP contribution is -2.44. The minimum absolute atomic E-state index is 0.174. The smallest absolute Gasteiger partial charge is 0.162 e. The lowest BCUT2D eigenvalue weighted by Gasteiger charge is -2.34. The van der Waals surface area contributed by atoms with Crippen LogP contribution in [0.25, 0.3) is 33.5 Å². The molecule has 5 heterocycles. The molecule has 2 saturated heterocycles. The van der Waals surface area contributed by atoms with Crippen LogP contribution >= 0.6 is 0 Å². The Kier molecular flexibility index (Phi) is 5.97. The highest BCUT2D eigenvalue weighted by Crippen LogP contribution is 2.34. The van der Waals surface area contributed by atoms with E-state index in [9.17, 15) is 4.39 Å². The number of morpholine rings is 1. The zero-order chi connectivity index (χ0) is 24.8. The highest BCUT2D eigenvalue weighted by Gasteiger charge is 2.25. The van der Waals surface area contributed by atoms with Gasteiger partial charge in [-0.15, -0.1) is 0 Å². The van der Waals surface area contributed by atoms with E-state index >= 15 is 0 Å². The average Bonchev–Trinajstić information content (AvgIpc) is 3.60. The number of fused-ring (bicyclic) bond motifs is 1. The first kappa shape index (κ1) is 23.1. The van der Waals surface area contributed by atoms with E-state index in [1.807, 2.05) is 25.3 Å². The summed E-state index contributed by atoms with van der Waals surface area (Å²) in [6, 6.07) is 7.64. The molecule has 2 aliphatic rings. The Bertz CT molecular complexity index is 1400. The van der Waals surface area contributed by atoms with Crippen LogP contribution in [0.4, 0.5) is 10.2 Å². The zero-order valence-corrected chi connectivity index (χ0v) is 21.0. The fraction of sp³-hybridized carbons (Fsp3) is 0.444. The molecule has 0 saturated carbocycles. The number of nitrogens with zero attached hydrogens (tertiary/aromatic N) is 5. The van der Waals surface area contributed by atoms with Crippen molar-refractivity contribution in [3.8, 4) is 22.6 Å². The van der Waals surface area contributed by atoms with Crippen LogP contribution in [0.1, 0.15) is 31.2 Å². The molecule has 2 atom stereocenters. The highest BCUT2D eigenvalue weighted by molar-refractivity contribution is 5.94. The van der Waals surface area contributed by atoms with Crippen LogP contribution in [0.3, 0.4) is 0 Å². The van der Waals surface area contributed by atoms with E-state index in [0.29, 0.717) is 30.6 Å². The number of anilines is 1. The summed E-state index contributed by atoms with van der Waals surface area (Å²) in [7, 11) is 0. The molecule has 0 amide bonds. The molecule has 0 spiro atoms. The molecule has 36 heavy (non-hydrogen) atoms. The number of aromatic amines is 1. The lowest BCUT2D eigenvalue weighted by atomic mass is 10.1. The van der Waals surface area contributed by atoms with E-state index < -0.39 is 0 Å². The molecule has 3 aromatic heterocycles. The minimum Gasteiger partial charge on any atom is -0.377 e. The molecule has 188 valence electrons. The second-order valence-corrected chi connectivity index (χ2v) is 9.97. The largest absolute Gasteiger partial charge is 0.377 e. The number of H-pyrrole nitrogens is 1. The normalized spacial score (nSPS) is 20.5. The van der Waals surface area contributed by atoms with Crippen LogP contribution in [0.15, 0.2) is 30.5 Å². The standard InChI is InChI=1S/C27H32FN7O/c1-16-15-36-10-9-34(16)25-13-24(26-17(2)33-35(18(26)3)14-20-5-4-7-29-20)31-27(32-25)22-11-19(28)12-23-21(22)6-8-30-23/h6,8,11-13,16,20,29-30H,4-5,7,9-10,14-15H2,1-3H3/t16-,20+/m1/s1. The SMILES string of the molecule is Cc1nn(C[C@@H]2CCCN2)c(C)c1-c1cc(N2CCOC[C@H]2C)nc(-c2cc(F)cc3[nH]ccc23)n1. The second kappa shape index (κ2) is 9.29. The maximum Gasteiger partial charge on any atom is 0.162 e. The van der Waals surface area contributed by atoms with Gasteiger partial charge in [0.15, 0.2) is 5.82 Å². The Balaban J connectivity index is 1.50. The van der Waals surface area contributed by atoms with E-state index in [1.165, 1.54) is 18.6 Å². The first-order valence-corrected chi connectivity index (χ1v) is 12.8. The van der Waals surface area contributed by atoms with Crippen LogP contribution in [-0.2, 0) is 11.3 Å². The molecular weight excluding hydrogens is 457 g/mol. The molecule has 6 rings (SSSR count). The summed E-state index contributed by atoms with van der Waals surface area (Å²) in [4.78, 5) is 15.3. The number of nitrogens with one attached hydrogen (secondary N) is 2. The number of benzene rings is 1. The van der Waals surface area contributed by atoms with Gasteiger partial charge in [-0.25, -0.2) is 14.4 Å². The maximum absolute atomic E-state index is 14.6. The fourth-order valence-corrected chi connectivity index (χ4v) is 5.58. The van der Waals surface area contributed by atoms with Gasteiger partial charge < -0.3 is 19.9 Å². The first-order valence-electron chi connectivity index (χ1n) is 12.8. The van der Waals surface area contributed by atoms with Gasteiger partial charge in [0.25, 0.3) is 0 Å². The summed E-state index contributed by atoms with van der Waals surface area (Å²) < 4.78 is 22.4. The van der Waals surface area contributed by atoms with E-state index in [4.69, 9.17) is 19.8 Å². The second-order valence-electron chi connectivity index (χ2n) is 9.97. The first-order chi connectivity index (χ1) is 17.5. The zero-order valence-electron chi connectivity index (χ0n) is 21.0. The van der Waals surface area contributed by atoms with Crippen molar-refractivity contribution in [2.24, 2.45) is 0 Å². The molecule has 2 aliphatic heterocycles. The van der Waals surface area contributed by atoms with Crippen molar-refractivity contribution in [3.63, 3.8) is 0 Å². The summed E-state index contributed by atoms with van der Waals surface area (Å²) in [5, 5.41) is 9.34. The van der Waals surface area contributed by atoms with Gasteiger partial charge in [0, 0.05) is 52.6 Å². The van der Waals surface area contributed by atoms with Gasteiger partial charge >= 0.3 is 0 Å². The lowest BCUT2D eigenvalue weighted by molar-refractivity contribution is 0.0985. The summed E-state index contributed by atoms with van der Waals surface area (Å²) in [5.41, 5.74) is 5.24. The van der Waals surface area contributed by atoms with Crippen molar-refractivity contribution >= 4 is 16.7 Å². The van der Waals surface area contributed by atoms with Gasteiger partial charge in [0.05, 0.1) is 37.2 Å². The Morgan fingerprint density at radius 1 is 1.19 bits per heavy atom. The van der Waals surface area contributed by atoms with Crippen LogP contribution in [0.5, 0.6) is 0 Å². The average molecular weight is 490 g/mol. The van der Waals surface area contributed by atoms with Crippen molar-refractivity contribution in [1.82, 2.24) is 30.0 Å². The van der Waals surface area contributed by atoms with Crippen LogP contribution < -0.4 is 10.2 Å². The number of aryl methyl sites for hydroxylation is 1. The molecule has 0 aliphatic carbocycles. The molecule has 2 fully saturated rings. The molecule has 0 bridgehead atoms. The molecule has 4 aromatic rings. The quantitative estimate of drug-likeness (QED) is 0.437. The number of ether oxygens (including phenoxy) is 1. The van der Waals surface area contributed by atoms with Crippen LogP contribution in [-0.4, -0.2) is 63.1 Å². The van der Waals surface area contributed by atoms with Crippen molar-refractivity contribution in [2.45, 2.75) is 52.2 Å². The third-order valence-corrected chi connectivity index (χ3v) is 7.44. The third kappa shape index (κ3) is 4.16.